The van der Waals surface area contributed by atoms with Crippen LogP contribution in [0.2, 0.25) is 5.02 Å². The van der Waals surface area contributed by atoms with Crippen LogP contribution in [0.25, 0.3) is 5.57 Å². The lowest BCUT2D eigenvalue weighted by Crippen LogP contribution is -2.50. The zero-order valence-corrected chi connectivity index (χ0v) is 14.3. The molecule has 0 radical (unpaired) electrons. The molecule has 2 aliphatic rings. The quantitative estimate of drug-likeness (QED) is 0.828. The van der Waals surface area contributed by atoms with Gasteiger partial charge in [-0.25, -0.2) is 9.59 Å². The molecule has 1 saturated carbocycles. The first kappa shape index (κ1) is 17.5. The third-order valence-electron chi connectivity index (χ3n) is 4.59. The van der Waals surface area contributed by atoms with Crippen molar-refractivity contribution in [2.24, 2.45) is 5.73 Å². The number of hydrogen-bond donors (Lipinski definition) is 1. The predicted octanol–water partition coefficient (Wildman–Crippen LogP) is 2.38. The van der Waals surface area contributed by atoms with E-state index in [1.54, 1.807) is 24.3 Å². The molecule has 132 valence electrons. The lowest BCUT2D eigenvalue weighted by Gasteiger charge is -2.34. The lowest BCUT2D eigenvalue weighted by atomic mass is 9.84. The normalized spacial score (nSPS) is 22.0. The molecule has 0 spiro atoms. The Hall–Kier alpha value is -2.34. The fourth-order valence-corrected chi connectivity index (χ4v) is 3.36. The summed E-state index contributed by atoms with van der Waals surface area (Å²) in [6.07, 6.45) is 3.25. The van der Waals surface area contributed by atoms with Crippen LogP contribution in [0.3, 0.4) is 0 Å². The van der Waals surface area contributed by atoms with E-state index in [0.717, 1.165) is 19.3 Å². The highest BCUT2D eigenvalue weighted by atomic mass is 35.5. The van der Waals surface area contributed by atoms with Crippen LogP contribution < -0.4 is 5.73 Å². The Kier molecular flexibility index (Phi) is 4.81. The van der Waals surface area contributed by atoms with Gasteiger partial charge >= 0.3 is 11.9 Å². The van der Waals surface area contributed by atoms with Crippen LogP contribution in [0.1, 0.15) is 37.7 Å². The first-order chi connectivity index (χ1) is 11.9. The Morgan fingerprint density at radius 3 is 2.40 bits per heavy atom. The zero-order valence-electron chi connectivity index (χ0n) is 13.5. The van der Waals surface area contributed by atoms with Crippen molar-refractivity contribution in [3.63, 3.8) is 0 Å². The van der Waals surface area contributed by atoms with Crippen molar-refractivity contribution in [2.75, 3.05) is 0 Å². The number of carbonyl (C=O) groups is 3. The van der Waals surface area contributed by atoms with Crippen LogP contribution in [0.15, 0.2) is 30.3 Å². The molecule has 25 heavy (non-hydrogen) atoms. The number of cyclic esters (lactones) is 1. The van der Waals surface area contributed by atoms with E-state index in [2.05, 4.69) is 0 Å². The second kappa shape index (κ2) is 6.88. The molecule has 1 aliphatic heterocycles. The lowest BCUT2D eigenvalue weighted by molar-refractivity contribution is -0.179. The fraction of sp³-hybridized carbons (Fsp3) is 0.389. The first-order valence-electron chi connectivity index (χ1n) is 8.12. The molecule has 7 heteroatoms. The van der Waals surface area contributed by atoms with Crippen molar-refractivity contribution < 1.29 is 23.9 Å². The monoisotopic (exact) mass is 363 g/mol. The van der Waals surface area contributed by atoms with Gasteiger partial charge in [-0.2, -0.15) is 0 Å². The summed E-state index contributed by atoms with van der Waals surface area (Å²) in [5.41, 5.74) is 5.16. The summed E-state index contributed by atoms with van der Waals surface area (Å²) >= 11 is 5.87. The Balaban J connectivity index is 1.83. The molecular weight excluding hydrogens is 346 g/mol. The third kappa shape index (κ3) is 3.54. The average Bonchev–Trinajstić information content (AvgIpc) is 2.98. The van der Waals surface area contributed by atoms with Crippen LogP contribution in [-0.4, -0.2) is 29.6 Å². The van der Waals surface area contributed by atoms with Crippen molar-refractivity contribution in [3.05, 3.63) is 40.9 Å². The molecule has 1 fully saturated rings. The molecular formula is C18H18ClNO5. The summed E-state index contributed by atoms with van der Waals surface area (Å²) in [4.78, 5) is 36.2. The summed E-state index contributed by atoms with van der Waals surface area (Å²) in [7, 11) is 0. The molecule has 1 amide bonds. The van der Waals surface area contributed by atoms with Gasteiger partial charge in [0, 0.05) is 16.7 Å². The molecule has 6 nitrogen and oxygen atoms in total. The van der Waals surface area contributed by atoms with Crippen LogP contribution in [0.4, 0.5) is 0 Å². The number of benzene rings is 1. The topological polar surface area (TPSA) is 95.7 Å². The first-order valence-corrected chi connectivity index (χ1v) is 8.50. The second-order valence-electron chi connectivity index (χ2n) is 6.26. The standard InChI is InChI=1S/C18H18ClNO5/c19-12-6-4-11(5-7-12)13-10-14(21)24-15(13)16(22)25-18(17(20)23)8-2-1-3-9-18/h4-7,10,15H,1-3,8-9H2,(H2,20,23). The largest absolute Gasteiger partial charge is 0.446 e. The number of esters is 2. The molecule has 3 rings (SSSR count). The maximum Gasteiger partial charge on any atom is 0.353 e. The zero-order chi connectivity index (χ0) is 18.0. The summed E-state index contributed by atoms with van der Waals surface area (Å²) in [6, 6.07) is 6.66. The van der Waals surface area contributed by atoms with Gasteiger partial charge in [-0.05, 0) is 43.4 Å². The van der Waals surface area contributed by atoms with Crippen molar-refractivity contribution in [2.45, 2.75) is 43.8 Å². The summed E-state index contributed by atoms with van der Waals surface area (Å²) in [6.45, 7) is 0. The number of hydrogen-bond acceptors (Lipinski definition) is 5. The van der Waals surface area contributed by atoms with Gasteiger partial charge in [-0.15, -0.1) is 0 Å². The Morgan fingerprint density at radius 1 is 1.16 bits per heavy atom. The maximum absolute atomic E-state index is 12.6. The smallest absolute Gasteiger partial charge is 0.353 e. The van der Waals surface area contributed by atoms with Gasteiger partial charge in [0.2, 0.25) is 6.10 Å². The minimum Gasteiger partial charge on any atom is -0.446 e. The minimum absolute atomic E-state index is 0.377. The van der Waals surface area contributed by atoms with Gasteiger partial charge in [0.15, 0.2) is 5.60 Å². The van der Waals surface area contributed by atoms with E-state index in [1.807, 2.05) is 0 Å². The van der Waals surface area contributed by atoms with Crippen molar-refractivity contribution in [1.29, 1.82) is 0 Å². The van der Waals surface area contributed by atoms with Gasteiger partial charge in [0.25, 0.3) is 5.91 Å². The van der Waals surface area contributed by atoms with E-state index in [9.17, 15) is 14.4 Å². The Bertz CT molecular complexity index is 734. The Morgan fingerprint density at radius 2 is 1.80 bits per heavy atom. The molecule has 1 aromatic carbocycles. The van der Waals surface area contributed by atoms with Crippen LogP contribution in [0, 0.1) is 0 Å². The average molecular weight is 364 g/mol. The molecule has 0 bridgehead atoms. The van der Waals surface area contributed by atoms with Crippen molar-refractivity contribution >= 4 is 35.0 Å². The van der Waals surface area contributed by atoms with Gasteiger partial charge in [0.05, 0.1) is 0 Å². The van der Waals surface area contributed by atoms with Gasteiger partial charge in [0.1, 0.15) is 0 Å². The molecule has 1 aromatic rings. The minimum atomic E-state index is -1.32. The summed E-state index contributed by atoms with van der Waals surface area (Å²) in [5.74, 6) is -2.08. The molecule has 1 unspecified atom stereocenters. The number of nitrogens with two attached hydrogens (primary N) is 1. The van der Waals surface area contributed by atoms with E-state index in [4.69, 9.17) is 26.8 Å². The molecule has 1 atom stereocenters. The highest BCUT2D eigenvalue weighted by Gasteiger charge is 2.45. The van der Waals surface area contributed by atoms with E-state index in [1.165, 1.54) is 6.08 Å². The highest BCUT2D eigenvalue weighted by molar-refractivity contribution is 6.30. The van der Waals surface area contributed by atoms with Crippen LogP contribution in [-0.2, 0) is 23.9 Å². The number of halogens is 1. The number of carbonyl (C=O) groups excluding carboxylic acids is 3. The van der Waals surface area contributed by atoms with Gasteiger partial charge in [-0.1, -0.05) is 30.2 Å². The molecule has 0 aromatic heterocycles. The third-order valence-corrected chi connectivity index (χ3v) is 4.84. The second-order valence-corrected chi connectivity index (χ2v) is 6.70. The van der Waals surface area contributed by atoms with E-state index < -0.39 is 29.6 Å². The fourth-order valence-electron chi connectivity index (χ4n) is 3.24. The molecule has 1 heterocycles. The number of rotatable bonds is 4. The predicted molar refractivity (Wildman–Crippen MR) is 90.4 cm³/mol. The van der Waals surface area contributed by atoms with Gasteiger partial charge < -0.3 is 15.2 Å². The van der Waals surface area contributed by atoms with E-state index in [0.29, 0.717) is 29.0 Å². The van der Waals surface area contributed by atoms with Crippen molar-refractivity contribution in [3.8, 4) is 0 Å². The van der Waals surface area contributed by atoms with E-state index >= 15 is 0 Å². The highest BCUT2D eigenvalue weighted by Crippen LogP contribution is 2.34. The Labute approximate surface area is 149 Å². The number of ether oxygens (including phenoxy) is 2. The van der Waals surface area contributed by atoms with Gasteiger partial charge in [-0.3, -0.25) is 4.79 Å². The van der Waals surface area contributed by atoms with Crippen LogP contribution in [0.5, 0.6) is 0 Å². The maximum atomic E-state index is 12.6. The summed E-state index contributed by atoms with van der Waals surface area (Å²) < 4.78 is 10.6. The SMILES string of the molecule is NC(=O)C1(OC(=O)C2OC(=O)C=C2c2ccc(Cl)cc2)CCCCC1. The molecule has 2 N–H and O–H groups in total. The molecule has 1 aliphatic carbocycles. The number of amides is 1. The van der Waals surface area contributed by atoms with Crippen LogP contribution >= 0.6 is 11.6 Å². The van der Waals surface area contributed by atoms with Crippen molar-refractivity contribution in [1.82, 2.24) is 0 Å². The van der Waals surface area contributed by atoms with E-state index in [-0.39, 0.29) is 0 Å². The molecule has 0 saturated heterocycles. The summed E-state index contributed by atoms with van der Waals surface area (Å²) in [5, 5.41) is 0.531. The number of primary amides is 1.